The van der Waals surface area contributed by atoms with Crippen LogP contribution in [-0.2, 0) is 0 Å². The Morgan fingerprint density at radius 1 is 0.354 bits per heavy atom. The van der Waals surface area contributed by atoms with Crippen LogP contribution in [0.25, 0.3) is 99.9 Å². The first-order chi connectivity index (χ1) is 23.8. The van der Waals surface area contributed by atoms with Crippen LogP contribution in [0.1, 0.15) is 0 Å². The maximum absolute atomic E-state index is 6.72. The first-order valence-electron chi connectivity index (χ1n) is 15.9. The molecule has 0 saturated heterocycles. The van der Waals surface area contributed by atoms with E-state index in [0.717, 1.165) is 82.5 Å². The second-order valence-corrected chi connectivity index (χ2v) is 12.0. The van der Waals surface area contributed by atoms with Gasteiger partial charge in [0.2, 0.25) is 0 Å². The largest absolute Gasteiger partial charge is 0.456 e. The van der Waals surface area contributed by atoms with Crippen LogP contribution in [0, 0.1) is 0 Å². The standard InChI is InChI=1S/C43H25N3O2/c1-3-12-26(13-4-1)30-19-11-16-28-24-34(39-32-18-8-10-21-36(32)48-40(39)38(28)30)43-45-41(27-14-5-2-6-15-27)44-42(46-43)29-22-23-37-33(25-29)31-17-7-9-20-35(31)47-37/h1-25H. The van der Waals surface area contributed by atoms with Gasteiger partial charge in [-0.1, -0.05) is 115 Å². The van der Waals surface area contributed by atoms with Crippen LogP contribution in [-0.4, -0.2) is 15.0 Å². The Morgan fingerprint density at radius 3 is 1.77 bits per heavy atom. The molecule has 0 aliphatic carbocycles. The zero-order valence-electron chi connectivity index (χ0n) is 25.6. The average molecular weight is 616 g/mol. The van der Waals surface area contributed by atoms with E-state index in [-0.39, 0.29) is 0 Å². The van der Waals surface area contributed by atoms with E-state index in [0.29, 0.717) is 17.5 Å². The molecule has 48 heavy (non-hydrogen) atoms. The fourth-order valence-electron chi connectivity index (χ4n) is 6.90. The van der Waals surface area contributed by atoms with Crippen molar-refractivity contribution in [1.82, 2.24) is 15.0 Å². The predicted octanol–water partition coefficient (Wildman–Crippen LogP) is 11.5. The molecular formula is C43H25N3O2. The molecule has 224 valence electrons. The number of fused-ring (bicyclic) bond motifs is 8. The smallest absolute Gasteiger partial charge is 0.164 e. The highest BCUT2D eigenvalue weighted by Crippen LogP contribution is 2.44. The lowest BCUT2D eigenvalue weighted by Crippen LogP contribution is -2.00. The van der Waals surface area contributed by atoms with E-state index in [1.54, 1.807) is 0 Å². The van der Waals surface area contributed by atoms with Gasteiger partial charge in [0.25, 0.3) is 0 Å². The van der Waals surface area contributed by atoms with Crippen molar-refractivity contribution in [2.45, 2.75) is 0 Å². The Morgan fingerprint density at radius 2 is 0.979 bits per heavy atom. The van der Waals surface area contributed by atoms with Crippen LogP contribution in [0.2, 0.25) is 0 Å². The zero-order valence-corrected chi connectivity index (χ0v) is 25.6. The zero-order chi connectivity index (χ0) is 31.6. The van der Waals surface area contributed by atoms with E-state index in [9.17, 15) is 0 Å². The van der Waals surface area contributed by atoms with Crippen LogP contribution < -0.4 is 0 Å². The van der Waals surface area contributed by atoms with Crippen molar-refractivity contribution in [3.05, 3.63) is 152 Å². The van der Waals surface area contributed by atoms with Crippen molar-refractivity contribution in [1.29, 1.82) is 0 Å². The van der Waals surface area contributed by atoms with Crippen LogP contribution >= 0.6 is 0 Å². The minimum absolute atomic E-state index is 0.583. The van der Waals surface area contributed by atoms with Gasteiger partial charge in [0.15, 0.2) is 17.5 Å². The molecule has 0 fully saturated rings. The van der Waals surface area contributed by atoms with Gasteiger partial charge in [-0.25, -0.2) is 15.0 Å². The van der Waals surface area contributed by atoms with Crippen LogP contribution in [0.3, 0.4) is 0 Å². The van der Waals surface area contributed by atoms with Gasteiger partial charge in [0.05, 0.1) is 0 Å². The fourth-order valence-corrected chi connectivity index (χ4v) is 6.90. The van der Waals surface area contributed by atoms with Crippen molar-refractivity contribution >= 4 is 54.6 Å². The summed E-state index contributed by atoms with van der Waals surface area (Å²) in [5.41, 5.74) is 8.26. The molecule has 0 radical (unpaired) electrons. The molecule has 0 spiro atoms. The number of rotatable bonds is 4. The summed E-state index contributed by atoms with van der Waals surface area (Å²) in [5, 5.41) is 6.19. The van der Waals surface area contributed by atoms with Crippen molar-refractivity contribution in [3.8, 4) is 45.3 Å². The van der Waals surface area contributed by atoms with Gasteiger partial charge in [-0.3, -0.25) is 0 Å². The molecule has 3 heterocycles. The molecule has 0 unspecified atom stereocenters. The second kappa shape index (κ2) is 10.5. The molecule has 5 nitrogen and oxygen atoms in total. The maximum atomic E-state index is 6.72. The van der Waals surface area contributed by atoms with Crippen molar-refractivity contribution < 1.29 is 8.83 Å². The molecular weight excluding hydrogens is 590 g/mol. The highest BCUT2D eigenvalue weighted by atomic mass is 16.3. The third-order valence-electron chi connectivity index (χ3n) is 9.12. The molecule has 10 aromatic rings. The molecule has 0 N–H and O–H groups in total. The first kappa shape index (κ1) is 26.6. The molecule has 0 atom stereocenters. The van der Waals surface area contributed by atoms with E-state index in [2.05, 4.69) is 66.7 Å². The molecule has 7 aromatic carbocycles. The van der Waals surface area contributed by atoms with Gasteiger partial charge < -0.3 is 8.83 Å². The summed E-state index contributed by atoms with van der Waals surface area (Å²) in [6.07, 6.45) is 0. The number of furan rings is 2. The highest BCUT2D eigenvalue weighted by molar-refractivity contribution is 6.23. The Balaban J connectivity index is 1.28. The lowest BCUT2D eigenvalue weighted by Gasteiger charge is -2.12. The summed E-state index contributed by atoms with van der Waals surface area (Å²) in [5.74, 6) is 1.77. The summed E-state index contributed by atoms with van der Waals surface area (Å²) in [4.78, 5) is 15.4. The number of para-hydroxylation sites is 2. The van der Waals surface area contributed by atoms with E-state index < -0.39 is 0 Å². The molecule has 5 heteroatoms. The number of hydrogen-bond donors (Lipinski definition) is 0. The van der Waals surface area contributed by atoms with Gasteiger partial charge in [-0.05, 0) is 52.9 Å². The topological polar surface area (TPSA) is 65.0 Å². The highest BCUT2D eigenvalue weighted by Gasteiger charge is 2.22. The SMILES string of the molecule is c1ccc(-c2nc(-c3ccc4oc5ccccc5c4c3)nc(-c3cc4cccc(-c5ccccc5)c4c4oc5ccccc5c34)n2)cc1. The summed E-state index contributed by atoms with van der Waals surface area (Å²) in [6, 6.07) is 51.6. The van der Waals surface area contributed by atoms with Gasteiger partial charge >= 0.3 is 0 Å². The summed E-state index contributed by atoms with van der Waals surface area (Å²) in [6.45, 7) is 0. The van der Waals surface area contributed by atoms with Crippen molar-refractivity contribution in [2.24, 2.45) is 0 Å². The molecule has 0 saturated carbocycles. The Hall–Kier alpha value is -6.59. The lowest BCUT2D eigenvalue weighted by atomic mass is 9.93. The lowest BCUT2D eigenvalue weighted by molar-refractivity contribution is 0.669. The molecule has 0 aliphatic rings. The third kappa shape index (κ3) is 4.15. The van der Waals surface area contributed by atoms with E-state index in [1.807, 2.05) is 84.9 Å². The number of benzene rings is 7. The molecule has 3 aromatic heterocycles. The summed E-state index contributed by atoms with van der Waals surface area (Å²) in [7, 11) is 0. The maximum Gasteiger partial charge on any atom is 0.164 e. The first-order valence-corrected chi connectivity index (χ1v) is 15.9. The monoisotopic (exact) mass is 615 g/mol. The predicted molar refractivity (Wildman–Crippen MR) is 194 cm³/mol. The Bertz CT molecular complexity index is 2840. The van der Waals surface area contributed by atoms with E-state index in [4.69, 9.17) is 23.8 Å². The third-order valence-corrected chi connectivity index (χ3v) is 9.12. The average Bonchev–Trinajstić information content (AvgIpc) is 3.73. The normalized spacial score (nSPS) is 11.8. The van der Waals surface area contributed by atoms with Crippen LogP contribution in [0.5, 0.6) is 0 Å². The Kier molecular flexibility index (Phi) is 5.81. The quantitative estimate of drug-likeness (QED) is 0.197. The summed E-state index contributed by atoms with van der Waals surface area (Å²) >= 11 is 0. The van der Waals surface area contributed by atoms with Crippen molar-refractivity contribution in [2.75, 3.05) is 0 Å². The van der Waals surface area contributed by atoms with Crippen LogP contribution in [0.4, 0.5) is 0 Å². The summed E-state index contributed by atoms with van der Waals surface area (Å²) < 4.78 is 12.8. The van der Waals surface area contributed by atoms with Gasteiger partial charge in [-0.2, -0.15) is 0 Å². The van der Waals surface area contributed by atoms with Gasteiger partial charge in [0.1, 0.15) is 22.3 Å². The Labute approximate surface area is 274 Å². The van der Waals surface area contributed by atoms with E-state index >= 15 is 0 Å². The number of nitrogens with zero attached hydrogens (tertiary/aromatic N) is 3. The van der Waals surface area contributed by atoms with Crippen molar-refractivity contribution in [3.63, 3.8) is 0 Å². The number of aromatic nitrogens is 3. The van der Waals surface area contributed by atoms with Crippen LogP contribution in [0.15, 0.2) is 160 Å². The minimum Gasteiger partial charge on any atom is -0.456 e. The molecule has 0 aliphatic heterocycles. The molecule has 10 rings (SSSR count). The van der Waals surface area contributed by atoms with E-state index in [1.165, 1.54) is 0 Å². The molecule has 0 bridgehead atoms. The second-order valence-electron chi connectivity index (χ2n) is 12.0. The van der Waals surface area contributed by atoms with Gasteiger partial charge in [-0.15, -0.1) is 0 Å². The minimum atomic E-state index is 0.583. The fraction of sp³-hybridized carbons (Fsp3) is 0. The number of hydrogen-bond acceptors (Lipinski definition) is 5. The molecule has 0 amide bonds. The van der Waals surface area contributed by atoms with Gasteiger partial charge in [0, 0.05) is 43.6 Å².